The van der Waals surface area contributed by atoms with Crippen LogP contribution in [0.15, 0.2) is 12.1 Å². The lowest BCUT2D eigenvalue weighted by molar-refractivity contribution is -0.135. The van der Waals surface area contributed by atoms with E-state index < -0.39 is 34.5 Å². The van der Waals surface area contributed by atoms with Crippen molar-refractivity contribution in [2.24, 2.45) is 0 Å². The normalized spacial score (nSPS) is 9.38. The summed E-state index contributed by atoms with van der Waals surface area (Å²) in [6.07, 6.45) is 0. The van der Waals surface area contributed by atoms with Crippen molar-refractivity contribution in [2.45, 2.75) is 0 Å². The number of hydrogen-bond donors (Lipinski definition) is 0. The third kappa shape index (κ3) is 2.03. The Morgan fingerprint density at radius 1 is 1.31 bits per heavy atom. The Bertz CT molecular complexity index is 506. The van der Waals surface area contributed by atoms with Crippen LogP contribution < -0.4 is 0 Å². The van der Waals surface area contributed by atoms with Crippen LogP contribution in [0.5, 0.6) is 0 Å². The van der Waals surface area contributed by atoms with Crippen LogP contribution in [0.25, 0.3) is 0 Å². The molecule has 0 aliphatic rings. The molecule has 0 unspecified atom stereocenters. The zero-order valence-corrected chi connectivity index (χ0v) is 8.08. The molecular formula is C10H5F2NO3. The number of ether oxygens (including phenoxy) is 1. The number of benzene rings is 1. The lowest BCUT2D eigenvalue weighted by atomic mass is 10.1. The van der Waals surface area contributed by atoms with E-state index in [0.717, 1.165) is 7.11 Å². The monoisotopic (exact) mass is 225 g/mol. The van der Waals surface area contributed by atoms with Crippen LogP contribution in [0.1, 0.15) is 15.9 Å². The lowest BCUT2D eigenvalue weighted by Crippen LogP contribution is -2.17. The van der Waals surface area contributed by atoms with Crippen molar-refractivity contribution in [3.63, 3.8) is 0 Å². The highest BCUT2D eigenvalue weighted by atomic mass is 19.1. The number of hydrogen-bond acceptors (Lipinski definition) is 4. The van der Waals surface area contributed by atoms with Crippen molar-refractivity contribution in [3.8, 4) is 6.07 Å². The van der Waals surface area contributed by atoms with Gasteiger partial charge in [0.15, 0.2) is 0 Å². The number of carbonyl (C=O) groups excluding carboxylic acids is 2. The van der Waals surface area contributed by atoms with Crippen molar-refractivity contribution in [1.82, 2.24) is 0 Å². The zero-order valence-electron chi connectivity index (χ0n) is 8.08. The van der Waals surface area contributed by atoms with Crippen LogP contribution in [0.3, 0.4) is 0 Å². The molecule has 0 bridgehead atoms. The Kier molecular flexibility index (Phi) is 3.30. The third-order valence-corrected chi connectivity index (χ3v) is 1.79. The van der Waals surface area contributed by atoms with Crippen molar-refractivity contribution >= 4 is 11.8 Å². The Balaban J connectivity index is 3.28. The molecule has 0 amide bonds. The molecule has 0 spiro atoms. The van der Waals surface area contributed by atoms with Gasteiger partial charge in [-0.2, -0.15) is 5.26 Å². The van der Waals surface area contributed by atoms with Gasteiger partial charge in [0.25, 0.3) is 5.78 Å². The second kappa shape index (κ2) is 4.49. The summed E-state index contributed by atoms with van der Waals surface area (Å²) in [7, 11) is 0.943. The highest BCUT2D eigenvalue weighted by Gasteiger charge is 2.22. The lowest BCUT2D eigenvalue weighted by Gasteiger charge is -2.02. The number of nitrogens with zero attached hydrogens (tertiary/aromatic N) is 1. The van der Waals surface area contributed by atoms with Gasteiger partial charge in [0, 0.05) is 0 Å². The molecule has 0 aliphatic heterocycles. The summed E-state index contributed by atoms with van der Waals surface area (Å²) in [4.78, 5) is 22.0. The summed E-state index contributed by atoms with van der Waals surface area (Å²) in [6.45, 7) is 0. The second-order valence-corrected chi connectivity index (χ2v) is 2.74. The predicted octanol–water partition coefficient (Wildman–Crippen LogP) is 1.19. The molecule has 0 aliphatic carbocycles. The van der Waals surface area contributed by atoms with Crippen LogP contribution >= 0.6 is 0 Å². The first-order valence-electron chi connectivity index (χ1n) is 4.03. The summed E-state index contributed by atoms with van der Waals surface area (Å²) in [6, 6.07) is 2.44. The van der Waals surface area contributed by atoms with Gasteiger partial charge in [-0.25, -0.2) is 13.6 Å². The van der Waals surface area contributed by atoms with E-state index in [4.69, 9.17) is 5.26 Å². The van der Waals surface area contributed by atoms with E-state index in [9.17, 15) is 18.4 Å². The molecule has 0 aromatic heterocycles. The Labute approximate surface area is 89.1 Å². The minimum absolute atomic E-state index is 0.493. The molecule has 0 N–H and O–H groups in total. The first-order chi connectivity index (χ1) is 7.51. The van der Waals surface area contributed by atoms with E-state index >= 15 is 0 Å². The third-order valence-electron chi connectivity index (χ3n) is 1.79. The standard InChI is InChI=1S/C10H5F2NO3/c1-16-10(15)9(14)6-3-7(11)5(4-13)2-8(6)12/h2-3H,1H3. The van der Waals surface area contributed by atoms with E-state index in [1.807, 2.05) is 0 Å². The molecule has 0 heterocycles. The van der Waals surface area contributed by atoms with Gasteiger partial charge in [0.05, 0.1) is 18.2 Å². The fraction of sp³-hybridized carbons (Fsp3) is 0.100. The largest absolute Gasteiger partial charge is 0.463 e. The van der Waals surface area contributed by atoms with Crippen LogP contribution in [-0.2, 0) is 9.53 Å². The SMILES string of the molecule is COC(=O)C(=O)c1cc(F)c(C#N)cc1F. The number of rotatable bonds is 2. The maximum atomic E-state index is 13.2. The van der Waals surface area contributed by atoms with Crippen molar-refractivity contribution in [3.05, 3.63) is 34.9 Å². The molecule has 6 heteroatoms. The predicted molar refractivity (Wildman–Crippen MR) is 47.4 cm³/mol. The summed E-state index contributed by atoms with van der Waals surface area (Å²) < 4.78 is 30.4. The number of Topliss-reactive ketones (excluding diaryl/α,β-unsaturated/α-hetero) is 1. The van der Waals surface area contributed by atoms with E-state index in [1.165, 1.54) is 6.07 Å². The van der Waals surface area contributed by atoms with Gasteiger partial charge < -0.3 is 4.74 Å². The van der Waals surface area contributed by atoms with Gasteiger partial charge >= 0.3 is 5.97 Å². The van der Waals surface area contributed by atoms with E-state index in [2.05, 4.69) is 4.74 Å². The molecule has 4 nitrogen and oxygen atoms in total. The van der Waals surface area contributed by atoms with Gasteiger partial charge in [0.2, 0.25) is 0 Å². The number of nitriles is 1. The average molecular weight is 225 g/mol. The molecule has 0 atom stereocenters. The first-order valence-corrected chi connectivity index (χ1v) is 4.03. The summed E-state index contributed by atoms with van der Waals surface area (Å²) in [5.41, 5.74) is -1.30. The molecule has 16 heavy (non-hydrogen) atoms. The van der Waals surface area contributed by atoms with Gasteiger partial charge in [0.1, 0.15) is 17.7 Å². The minimum atomic E-state index is -1.30. The number of carbonyl (C=O) groups is 2. The fourth-order valence-electron chi connectivity index (χ4n) is 1.01. The van der Waals surface area contributed by atoms with Crippen LogP contribution in [0.4, 0.5) is 8.78 Å². The zero-order chi connectivity index (χ0) is 12.3. The Hall–Kier alpha value is -2.29. The van der Waals surface area contributed by atoms with Crippen molar-refractivity contribution < 1.29 is 23.1 Å². The molecule has 0 fully saturated rings. The molecule has 1 rings (SSSR count). The summed E-state index contributed by atoms with van der Waals surface area (Å²) in [5.74, 6) is -4.82. The average Bonchev–Trinajstić information content (AvgIpc) is 2.29. The molecule has 0 radical (unpaired) electrons. The molecule has 0 saturated carbocycles. The van der Waals surface area contributed by atoms with E-state index in [-0.39, 0.29) is 0 Å². The first kappa shape index (κ1) is 11.8. The van der Waals surface area contributed by atoms with Gasteiger partial charge in [-0.3, -0.25) is 4.79 Å². The number of ketones is 1. The van der Waals surface area contributed by atoms with Crippen LogP contribution in [-0.4, -0.2) is 18.9 Å². The van der Waals surface area contributed by atoms with Crippen molar-refractivity contribution in [1.29, 1.82) is 5.26 Å². The molecule has 1 aromatic carbocycles. The molecule has 82 valence electrons. The maximum Gasteiger partial charge on any atom is 0.379 e. The number of esters is 1. The van der Waals surface area contributed by atoms with E-state index in [0.29, 0.717) is 12.1 Å². The number of methoxy groups -OCH3 is 1. The Morgan fingerprint density at radius 2 is 1.94 bits per heavy atom. The topological polar surface area (TPSA) is 67.2 Å². The van der Waals surface area contributed by atoms with E-state index in [1.54, 1.807) is 0 Å². The summed E-state index contributed by atoms with van der Waals surface area (Å²) >= 11 is 0. The smallest absolute Gasteiger partial charge is 0.379 e. The van der Waals surface area contributed by atoms with Gasteiger partial charge in [-0.05, 0) is 12.1 Å². The molecule has 1 aromatic rings. The number of halogens is 2. The van der Waals surface area contributed by atoms with Crippen molar-refractivity contribution in [2.75, 3.05) is 7.11 Å². The van der Waals surface area contributed by atoms with Gasteiger partial charge in [-0.1, -0.05) is 0 Å². The molecular weight excluding hydrogens is 220 g/mol. The highest BCUT2D eigenvalue weighted by Crippen LogP contribution is 2.15. The fourth-order valence-corrected chi connectivity index (χ4v) is 1.01. The molecule has 0 saturated heterocycles. The second-order valence-electron chi connectivity index (χ2n) is 2.74. The Morgan fingerprint density at radius 3 is 2.44 bits per heavy atom. The van der Waals surface area contributed by atoms with Gasteiger partial charge in [-0.15, -0.1) is 0 Å². The summed E-state index contributed by atoms with van der Waals surface area (Å²) in [5, 5.41) is 8.39. The van der Waals surface area contributed by atoms with Crippen LogP contribution in [0.2, 0.25) is 0 Å². The quantitative estimate of drug-likeness (QED) is 0.430. The van der Waals surface area contributed by atoms with Crippen LogP contribution in [0, 0.1) is 23.0 Å². The highest BCUT2D eigenvalue weighted by molar-refractivity contribution is 6.40. The maximum absolute atomic E-state index is 13.2. The minimum Gasteiger partial charge on any atom is -0.463 e.